The Morgan fingerprint density at radius 2 is 2.05 bits per heavy atom. The summed E-state index contributed by atoms with van der Waals surface area (Å²) >= 11 is 0. The van der Waals surface area contributed by atoms with Crippen LogP contribution in [0.25, 0.3) is 0 Å². The van der Waals surface area contributed by atoms with E-state index in [2.05, 4.69) is 4.72 Å². The number of nitrogens with one attached hydrogen (secondary N) is 1. The van der Waals surface area contributed by atoms with Crippen molar-refractivity contribution >= 4 is 21.7 Å². The number of benzene rings is 1. The van der Waals surface area contributed by atoms with Gasteiger partial charge in [-0.1, -0.05) is 0 Å². The molecule has 0 bridgehead atoms. The minimum absolute atomic E-state index is 0.0207. The topological polar surface area (TPSA) is 88.4 Å². The summed E-state index contributed by atoms with van der Waals surface area (Å²) in [5.74, 6) is -2.40. The zero-order valence-electron chi connectivity index (χ0n) is 10.4. The smallest absolute Gasteiger partial charge is 0.338 e. The molecule has 0 atom stereocenters. The highest BCUT2D eigenvalue weighted by molar-refractivity contribution is 7.92. The van der Waals surface area contributed by atoms with Gasteiger partial charge >= 0.3 is 5.97 Å². The zero-order chi connectivity index (χ0) is 14.9. The lowest BCUT2D eigenvalue weighted by atomic mass is 10.2. The van der Waals surface area contributed by atoms with E-state index in [1.54, 1.807) is 17.8 Å². The SMILES string of the molecule is Cn1ccc(S(=O)(=O)Nc2ccc(F)c(C(=O)O)c2)c1. The summed E-state index contributed by atoms with van der Waals surface area (Å²) in [6.07, 6.45) is 2.95. The fourth-order valence-corrected chi connectivity index (χ4v) is 2.70. The van der Waals surface area contributed by atoms with Crippen molar-refractivity contribution in [3.05, 3.63) is 48.0 Å². The van der Waals surface area contributed by atoms with Gasteiger partial charge < -0.3 is 9.67 Å². The first-order valence-corrected chi connectivity index (χ1v) is 6.95. The molecule has 0 aliphatic carbocycles. The molecule has 2 N–H and O–H groups in total. The average molecular weight is 298 g/mol. The molecule has 0 aliphatic heterocycles. The Hall–Kier alpha value is -2.35. The van der Waals surface area contributed by atoms with E-state index < -0.39 is 27.4 Å². The van der Waals surface area contributed by atoms with Crippen molar-refractivity contribution in [2.75, 3.05) is 4.72 Å². The van der Waals surface area contributed by atoms with Crippen LogP contribution in [0.1, 0.15) is 10.4 Å². The maximum Gasteiger partial charge on any atom is 0.338 e. The van der Waals surface area contributed by atoms with Crippen LogP contribution in [0.3, 0.4) is 0 Å². The number of carbonyl (C=O) groups is 1. The molecule has 2 aromatic rings. The summed E-state index contributed by atoms with van der Waals surface area (Å²) in [4.78, 5) is 10.8. The van der Waals surface area contributed by atoms with Crippen LogP contribution in [0.5, 0.6) is 0 Å². The number of halogens is 1. The minimum atomic E-state index is -3.83. The first-order chi connectivity index (χ1) is 9.29. The van der Waals surface area contributed by atoms with Gasteiger partial charge in [0.1, 0.15) is 10.7 Å². The Balaban J connectivity index is 2.35. The van der Waals surface area contributed by atoms with Crippen molar-refractivity contribution < 1.29 is 22.7 Å². The third kappa shape index (κ3) is 2.80. The van der Waals surface area contributed by atoms with Crippen LogP contribution in [0, 0.1) is 5.82 Å². The summed E-state index contributed by atoms with van der Waals surface area (Å²) in [6.45, 7) is 0. The molecule has 20 heavy (non-hydrogen) atoms. The number of hydrogen-bond acceptors (Lipinski definition) is 3. The van der Waals surface area contributed by atoms with Crippen molar-refractivity contribution in [3.8, 4) is 0 Å². The number of carboxylic acid groups (broad SMARTS) is 1. The average Bonchev–Trinajstić information content (AvgIpc) is 2.78. The Morgan fingerprint density at radius 3 is 2.60 bits per heavy atom. The minimum Gasteiger partial charge on any atom is -0.478 e. The number of aromatic nitrogens is 1. The molecular formula is C12H11FN2O4S. The highest BCUT2D eigenvalue weighted by Gasteiger charge is 2.17. The van der Waals surface area contributed by atoms with Crippen LogP contribution >= 0.6 is 0 Å². The normalized spacial score (nSPS) is 11.3. The van der Waals surface area contributed by atoms with Crippen LogP contribution < -0.4 is 4.72 Å². The van der Waals surface area contributed by atoms with E-state index in [0.717, 1.165) is 18.2 Å². The Kier molecular flexibility index (Phi) is 3.49. The monoisotopic (exact) mass is 298 g/mol. The number of rotatable bonds is 4. The first-order valence-electron chi connectivity index (χ1n) is 5.47. The van der Waals surface area contributed by atoms with E-state index in [9.17, 15) is 17.6 Å². The Bertz CT molecular complexity index is 768. The van der Waals surface area contributed by atoms with Crippen LogP contribution in [0.2, 0.25) is 0 Å². The molecule has 2 rings (SSSR count). The van der Waals surface area contributed by atoms with Crippen molar-refractivity contribution in [1.82, 2.24) is 4.57 Å². The lowest BCUT2D eigenvalue weighted by molar-refractivity contribution is 0.0692. The van der Waals surface area contributed by atoms with Gasteiger partial charge in [0.15, 0.2) is 0 Å². The molecule has 0 spiro atoms. The van der Waals surface area contributed by atoms with Crippen molar-refractivity contribution in [2.45, 2.75) is 4.90 Å². The maximum atomic E-state index is 13.2. The van der Waals surface area contributed by atoms with E-state index in [1.807, 2.05) is 0 Å². The number of aryl methyl sites for hydroxylation is 1. The predicted molar refractivity (Wildman–Crippen MR) is 69.6 cm³/mol. The number of anilines is 1. The van der Waals surface area contributed by atoms with Crippen LogP contribution in [-0.4, -0.2) is 24.1 Å². The van der Waals surface area contributed by atoms with Crippen LogP contribution in [-0.2, 0) is 17.1 Å². The molecule has 0 radical (unpaired) electrons. The van der Waals surface area contributed by atoms with E-state index in [4.69, 9.17) is 5.11 Å². The Morgan fingerprint density at radius 1 is 1.35 bits per heavy atom. The maximum absolute atomic E-state index is 13.2. The molecule has 8 heteroatoms. The van der Waals surface area contributed by atoms with E-state index in [1.165, 1.54) is 12.3 Å². The number of sulfonamides is 1. The molecule has 1 aromatic heterocycles. The third-order valence-corrected chi connectivity index (χ3v) is 3.93. The quantitative estimate of drug-likeness (QED) is 0.898. The fourth-order valence-electron chi connectivity index (χ4n) is 1.60. The number of hydrogen-bond donors (Lipinski definition) is 2. The molecule has 1 aromatic carbocycles. The van der Waals surface area contributed by atoms with Gasteiger partial charge in [-0.15, -0.1) is 0 Å². The lowest BCUT2D eigenvalue weighted by Crippen LogP contribution is -2.13. The second-order valence-corrected chi connectivity index (χ2v) is 5.80. The molecule has 0 saturated carbocycles. The lowest BCUT2D eigenvalue weighted by Gasteiger charge is -2.07. The molecule has 106 valence electrons. The second-order valence-electron chi connectivity index (χ2n) is 4.12. The first kappa shape index (κ1) is 14.1. The zero-order valence-corrected chi connectivity index (χ0v) is 11.2. The number of carboxylic acids is 1. The summed E-state index contributed by atoms with van der Waals surface area (Å²) in [6, 6.07) is 4.37. The van der Waals surface area contributed by atoms with Crippen molar-refractivity contribution in [3.63, 3.8) is 0 Å². The van der Waals surface area contributed by atoms with Gasteiger partial charge in [0, 0.05) is 25.1 Å². The fraction of sp³-hybridized carbons (Fsp3) is 0.0833. The highest BCUT2D eigenvalue weighted by Crippen LogP contribution is 2.19. The van der Waals surface area contributed by atoms with Crippen molar-refractivity contribution in [1.29, 1.82) is 0 Å². The van der Waals surface area contributed by atoms with Crippen LogP contribution in [0.4, 0.5) is 10.1 Å². The molecule has 0 amide bonds. The van der Waals surface area contributed by atoms with Crippen molar-refractivity contribution in [2.24, 2.45) is 7.05 Å². The molecule has 0 aliphatic rings. The van der Waals surface area contributed by atoms with Gasteiger partial charge in [-0.05, 0) is 24.3 Å². The van der Waals surface area contributed by atoms with E-state index in [0.29, 0.717) is 0 Å². The molecular weight excluding hydrogens is 287 g/mol. The van der Waals surface area contributed by atoms with Crippen LogP contribution in [0.15, 0.2) is 41.6 Å². The molecule has 0 unspecified atom stereocenters. The van der Waals surface area contributed by atoms with Gasteiger partial charge in [0.25, 0.3) is 10.0 Å². The van der Waals surface area contributed by atoms with Gasteiger partial charge in [-0.25, -0.2) is 17.6 Å². The second kappa shape index (κ2) is 4.97. The van der Waals surface area contributed by atoms with E-state index in [-0.39, 0.29) is 10.6 Å². The Labute approximate surface area is 114 Å². The van der Waals surface area contributed by atoms with E-state index >= 15 is 0 Å². The standard InChI is InChI=1S/C12H11FN2O4S/c1-15-5-4-9(7-15)20(18,19)14-8-2-3-11(13)10(6-8)12(16)17/h2-7,14H,1H3,(H,16,17). The van der Waals surface area contributed by atoms with Gasteiger partial charge in [-0.3, -0.25) is 4.72 Å². The summed E-state index contributed by atoms with van der Waals surface area (Å²) in [5, 5.41) is 8.79. The van der Waals surface area contributed by atoms with Gasteiger partial charge in [-0.2, -0.15) is 0 Å². The third-order valence-electron chi connectivity index (χ3n) is 2.56. The van der Waals surface area contributed by atoms with Gasteiger partial charge in [0.2, 0.25) is 0 Å². The summed E-state index contributed by atoms with van der Waals surface area (Å²) in [5.41, 5.74) is -0.620. The number of aromatic carboxylic acids is 1. The molecule has 6 nitrogen and oxygen atoms in total. The number of nitrogens with zero attached hydrogens (tertiary/aromatic N) is 1. The largest absolute Gasteiger partial charge is 0.478 e. The molecule has 0 saturated heterocycles. The highest BCUT2D eigenvalue weighted by atomic mass is 32.2. The molecule has 0 fully saturated rings. The summed E-state index contributed by atoms with van der Waals surface area (Å²) in [7, 11) is -2.17. The summed E-state index contributed by atoms with van der Waals surface area (Å²) < 4.78 is 41.0. The molecule has 1 heterocycles. The predicted octanol–water partition coefficient (Wildman–Crippen LogP) is 1.66. The van der Waals surface area contributed by atoms with Gasteiger partial charge in [0.05, 0.1) is 5.56 Å².